The maximum atomic E-state index is 5.89. The molecule has 102 valence electrons. The second kappa shape index (κ2) is 4.96. The van der Waals surface area contributed by atoms with Gasteiger partial charge in [0, 0.05) is 11.3 Å². The quantitative estimate of drug-likeness (QED) is 0.837. The summed E-state index contributed by atoms with van der Waals surface area (Å²) in [5, 5.41) is 3.34. The molecule has 1 heterocycles. The van der Waals surface area contributed by atoms with Crippen LogP contribution in [0.4, 0.5) is 11.7 Å². The van der Waals surface area contributed by atoms with Crippen LogP contribution in [0.1, 0.15) is 25.7 Å². The highest BCUT2D eigenvalue weighted by atomic mass is 32.2. The topological polar surface area (TPSA) is 64.1 Å². The first-order chi connectivity index (χ1) is 9.22. The number of nitrogens with zero attached hydrogens (tertiary/aromatic N) is 1. The molecule has 19 heavy (non-hydrogen) atoms. The number of nitrogens with two attached hydrogens (primary N) is 1. The van der Waals surface area contributed by atoms with Gasteiger partial charge in [-0.2, -0.15) is 16.7 Å². The number of rotatable bonds is 4. The molecule has 3 N–H and O–H groups in total. The SMILES string of the molecule is CSC1(CNc2nc3c(N)cccc3o2)CCCC1. The van der Waals surface area contributed by atoms with Crippen molar-refractivity contribution in [1.82, 2.24) is 4.98 Å². The minimum atomic E-state index is 0.339. The van der Waals surface area contributed by atoms with Crippen molar-refractivity contribution in [2.24, 2.45) is 0 Å². The molecule has 0 unspecified atom stereocenters. The van der Waals surface area contributed by atoms with E-state index in [0.29, 0.717) is 16.4 Å². The van der Waals surface area contributed by atoms with Crippen LogP contribution in [-0.4, -0.2) is 22.5 Å². The Morgan fingerprint density at radius 2 is 2.21 bits per heavy atom. The van der Waals surface area contributed by atoms with E-state index in [-0.39, 0.29) is 0 Å². The molecule has 1 aromatic carbocycles. The summed E-state index contributed by atoms with van der Waals surface area (Å²) >= 11 is 1.95. The zero-order valence-corrected chi connectivity index (χ0v) is 11.9. The van der Waals surface area contributed by atoms with Crippen LogP contribution >= 0.6 is 11.8 Å². The predicted octanol–water partition coefficient (Wildman–Crippen LogP) is 3.50. The highest BCUT2D eigenvalue weighted by Gasteiger charge is 2.33. The van der Waals surface area contributed by atoms with Crippen LogP contribution in [0.2, 0.25) is 0 Å². The molecule has 0 atom stereocenters. The molecular formula is C14H19N3OS. The van der Waals surface area contributed by atoms with Gasteiger partial charge in [-0.1, -0.05) is 18.9 Å². The van der Waals surface area contributed by atoms with Crippen LogP contribution in [0.15, 0.2) is 22.6 Å². The Kier molecular flexibility index (Phi) is 3.31. The second-order valence-electron chi connectivity index (χ2n) is 5.16. The molecule has 1 aliphatic rings. The minimum absolute atomic E-state index is 0.339. The van der Waals surface area contributed by atoms with Gasteiger partial charge in [0.05, 0.1) is 5.69 Å². The summed E-state index contributed by atoms with van der Waals surface area (Å²) in [7, 11) is 0. The smallest absolute Gasteiger partial charge is 0.295 e. The van der Waals surface area contributed by atoms with Gasteiger partial charge in [0.15, 0.2) is 5.58 Å². The van der Waals surface area contributed by atoms with E-state index in [1.807, 2.05) is 30.0 Å². The molecule has 1 saturated carbocycles. The Balaban J connectivity index is 1.76. The fourth-order valence-electron chi connectivity index (χ4n) is 2.75. The van der Waals surface area contributed by atoms with Crippen molar-refractivity contribution < 1.29 is 4.42 Å². The van der Waals surface area contributed by atoms with Crippen molar-refractivity contribution in [3.63, 3.8) is 0 Å². The van der Waals surface area contributed by atoms with Crippen molar-refractivity contribution in [2.75, 3.05) is 23.9 Å². The van der Waals surface area contributed by atoms with Crippen molar-refractivity contribution >= 4 is 34.6 Å². The summed E-state index contributed by atoms with van der Waals surface area (Å²) in [5.74, 6) is 0. The van der Waals surface area contributed by atoms with Gasteiger partial charge in [-0.05, 0) is 31.2 Å². The first kappa shape index (κ1) is 12.7. The molecule has 1 aromatic heterocycles. The Morgan fingerprint density at radius 3 is 2.89 bits per heavy atom. The lowest BCUT2D eigenvalue weighted by molar-refractivity contribution is 0.586. The third-order valence-electron chi connectivity index (χ3n) is 3.96. The molecule has 0 radical (unpaired) electrons. The fourth-order valence-corrected chi connectivity index (χ4v) is 3.67. The van der Waals surface area contributed by atoms with Crippen LogP contribution in [0, 0.1) is 0 Å². The lowest BCUT2D eigenvalue weighted by atomic mass is 10.1. The van der Waals surface area contributed by atoms with E-state index in [1.165, 1.54) is 25.7 Å². The van der Waals surface area contributed by atoms with Crippen LogP contribution in [-0.2, 0) is 0 Å². The number of fused-ring (bicyclic) bond motifs is 1. The summed E-state index contributed by atoms with van der Waals surface area (Å²) in [6.45, 7) is 0.904. The first-order valence-corrected chi connectivity index (χ1v) is 7.89. The summed E-state index contributed by atoms with van der Waals surface area (Å²) in [6.07, 6.45) is 7.37. The minimum Gasteiger partial charge on any atom is -0.423 e. The number of oxazole rings is 1. The molecule has 0 amide bonds. The third kappa shape index (κ3) is 2.39. The van der Waals surface area contributed by atoms with Gasteiger partial charge in [0.2, 0.25) is 0 Å². The molecule has 3 rings (SSSR count). The lowest BCUT2D eigenvalue weighted by Crippen LogP contribution is -2.30. The second-order valence-corrected chi connectivity index (χ2v) is 6.44. The van der Waals surface area contributed by atoms with Crippen molar-refractivity contribution in [2.45, 2.75) is 30.4 Å². The number of thioether (sulfide) groups is 1. The molecule has 2 aromatic rings. The molecule has 5 heteroatoms. The lowest BCUT2D eigenvalue weighted by Gasteiger charge is -2.26. The average Bonchev–Trinajstić information content (AvgIpc) is 3.04. The van der Waals surface area contributed by atoms with Crippen LogP contribution < -0.4 is 11.1 Å². The molecule has 0 saturated heterocycles. The number of nitrogens with one attached hydrogen (secondary N) is 1. The summed E-state index contributed by atoms with van der Waals surface area (Å²) in [5.41, 5.74) is 8.04. The highest BCUT2D eigenvalue weighted by molar-refractivity contribution is 8.00. The number of anilines is 2. The maximum Gasteiger partial charge on any atom is 0.295 e. The number of hydrogen-bond acceptors (Lipinski definition) is 5. The van der Waals surface area contributed by atoms with Gasteiger partial charge >= 0.3 is 0 Å². The fraction of sp³-hybridized carbons (Fsp3) is 0.500. The van der Waals surface area contributed by atoms with E-state index >= 15 is 0 Å². The normalized spacial score (nSPS) is 17.9. The van der Waals surface area contributed by atoms with Crippen molar-refractivity contribution in [3.05, 3.63) is 18.2 Å². The monoisotopic (exact) mass is 277 g/mol. The summed E-state index contributed by atoms with van der Waals surface area (Å²) in [6, 6.07) is 6.19. The number of benzene rings is 1. The van der Waals surface area contributed by atoms with Gasteiger partial charge in [0.25, 0.3) is 6.01 Å². The van der Waals surface area contributed by atoms with Gasteiger partial charge < -0.3 is 15.5 Å². The van der Waals surface area contributed by atoms with E-state index < -0.39 is 0 Å². The van der Waals surface area contributed by atoms with Crippen LogP contribution in [0.25, 0.3) is 11.1 Å². The number of hydrogen-bond donors (Lipinski definition) is 2. The summed E-state index contributed by atoms with van der Waals surface area (Å²) < 4.78 is 6.03. The zero-order chi connectivity index (χ0) is 13.3. The van der Waals surface area contributed by atoms with E-state index in [2.05, 4.69) is 16.6 Å². The molecule has 0 aliphatic heterocycles. The van der Waals surface area contributed by atoms with E-state index in [1.54, 1.807) is 0 Å². The Labute approximate surface area is 117 Å². The molecule has 1 fully saturated rings. The zero-order valence-electron chi connectivity index (χ0n) is 11.1. The Morgan fingerprint density at radius 1 is 1.42 bits per heavy atom. The van der Waals surface area contributed by atoms with Gasteiger partial charge in [-0.25, -0.2) is 0 Å². The van der Waals surface area contributed by atoms with Crippen LogP contribution in [0.5, 0.6) is 0 Å². The molecule has 1 aliphatic carbocycles. The molecule has 4 nitrogen and oxygen atoms in total. The average molecular weight is 277 g/mol. The standard InChI is InChI=1S/C14H19N3OS/c1-19-14(7-2-3-8-14)9-16-13-17-12-10(15)5-4-6-11(12)18-13/h4-6H,2-3,7-9,15H2,1H3,(H,16,17). The number of nitrogen functional groups attached to an aromatic ring is 1. The Bertz CT molecular complexity index is 575. The first-order valence-electron chi connectivity index (χ1n) is 6.66. The van der Waals surface area contributed by atoms with Gasteiger partial charge in [-0.15, -0.1) is 0 Å². The van der Waals surface area contributed by atoms with E-state index in [0.717, 1.165) is 17.6 Å². The maximum absolute atomic E-state index is 5.89. The molecular weight excluding hydrogens is 258 g/mol. The number of aromatic nitrogens is 1. The summed E-state index contributed by atoms with van der Waals surface area (Å²) in [4.78, 5) is 4.43. The molecule has 0 spiro atoms. The van der Waals surface area contributed by atoms with Crippen molar-refractivity contribution in [3.8, 4) is 0 Å². The van der Waals surface area contributed by atoms with Gasteiger partial charge in [0.1, 0.15) is 5.52 Å². The van der Waals surface area contributed by atoms with Gasteiger partial charge in [-0.3, -0.25) is 0 Å². The largest absolute Gasteiger partial charge is 0.423 e. The highest BCUT2D eigenvalue weighted by Crippen LogP contribution is 2.40. The molecule has 0 bridgehead atoms. The van der Waals surface area contributed by atoms with E-state index in [9.17, 15) is 0 Å². The predicted molar refractivity (Wildman–Crippen MR) is 81.6 cm³/mol. The van der Waals surface area contributed by atoms with Crippen molar-refractivity contribution in [1.29, 1.82) is 0 Å². The Hall–Kier alpha value is -1.36. The third-order valence-corrected chi connectivity index (χ3v) is 5.38. The number of para-hydroxylation sites is 1. The van der Waals surface area contributed by atoms with Crippen LogP contribution in [0.3, 0.4) is 0 Å². The van der Waals surface area contributed by atoms with E-state index in [4.69, 9.17) is 10.2 Å².